The molecular formula is C13H8BrIN2O4. The predicted molar refractivity (Wildman–Crippen MR) is 90.2 cm³/mol. The lowest BCUT2D eigenvalue weighted by Crippen LogP contribution is -2.04. The molecule has 0 unspecified atom stereocenters. The van der Waals surface area contributed by atoms with Crippen molar-refractivity contribution in [1.29, 1.82) is 0 Å². The predicted octanol–water partition coefficient (Wildman–Crippen LogP) is 4.40. The first-order chi connectivity index (χ1) is 9.88. The molecule has 0 aliphatic heterocycles. The summed E-state index contributed by atoms with van der Waals surface area (Å²) in [4.78, 5) is 21.3. The van der Waals surface area contributed by atoms with Crippen LogP contribution in [-0.2, 0) is 0 Å². The van der Waals surface area contributed by atoms with Crippen LogP contribution in [0, 0.1) is 13.7 Å². The van der Waals surface area contributed by atoms with Crippen LogP contribution in [0.5, 0.6) is 0 Å². The summed E-state index contributed by atoms with van der Waals surface area (Å²) in [5.74, 6) is -1.23. The van der Waals surface area contributed by atoms with Crippen molar-refractivity contribution < 1.29 is 14.8 Å². The van der Waals surface area contributed by atoms with Crippen LogP contribution in [0.1, 0.15) is 10.4 Å². The van der Waals surface area contributed by atoms with E-state index in [2.05, 4.69) is 43.8 Å². The van der Waals surface area contributed by atoms with E-state index >= 15 is 0 Å². The Hall–Kier alpha value is -1.68. The number of nitrogens with one attached hydrogen (secondary N) is 1. The van der Waals surface area contributed by atoms with Crippen LogP contribution in [0.2, 0.25) is 0 Å². The molecule has 2 N–H and O–H groups in total. The minimum atomic E-state index is -1.23. The van der Waals surface area contributed by atoms with Gasteiger partial charge < -0.3 is 10.4 Å². The maximum atomic E-state index is 11.3. The summed E-state index contributed by atoms with van der Waals surface area (Å²) in [5.41, 5.74) is 0.538. The fourth-order valence-electron chi connectivity index (χ4n) is 1.67. The van der Waals surface area contributed by atoms with Crippen molar-refractivity contribution in [2.45, 2.75) is 0 Å². The molecular weight excluding hydrogens is 455 g/mol. The number of halogens is 2. The lowest BCUT2D eigenvalue weighted by molar-refractivity contribution is -0.384. The number of hydrogen-bond donors (Lipinski definition) is 2. The maximum absolute atomic E-state index is 11.3. The maximum Gasteiger partial charge on any atom is 0.338 e. The minimum Gasteiger partial charge on any atom is -0.478 e. The SMILES string of the molecule is O=C(O)c1cc([N+](=O)[O-])ccc1Nc1ccc(I)cc1Br. The van der Waals surface area contributed by atoms with Crippen molar-refractivity contribution in [3.63, 3.8) is 0 Å². The first kappa shape index (κ1) is 15.7. The third-order valence-electron chi connectivity index (χ3n) is 2.64. The summed E-state index contributed by atoms with van der Waals surface area (Å²) in [6.07, 6.45) is 0. The van der Waals surface area contributed by atoms with Gasteiger partial charge in [0.15, 0.2) is 0 Å². The number of aromatic carboxylic acids is 1. The topological polar surface area (TPSA) is 92.5 Å². The van der Waals surface area contributed by atoms with Gasteiger partial charge in [0.2, 0.25) is 0 Å². The van der Waals surface area contributed by atoms with Gasteiger partial charge >= 0.3 is 5.97 Å². The van der Waals surface area contributed by atoms with E-state index in [1.165, 1.54) is 12.1 Å². The van der Waals surface area contributed by atoms with E-state index in [0.29, 0.717) is 5.69 Å². The number of carbonyl (C=O) groups is 1. The average Bonchev–Trinajstić information content (AvgIpc) is 2.41. The highest BCUT2D eigenvalue weighted by Crippen LogP contribution is 2.30. The van der Waals surface area contributed by atoms with Gasteiger partial charge in [0.05, 0.1) is 21.9 Å². The number of nitro benzene ring substituents is 1. The number of anilines is 2. The smallest absolute Gasteiger partial charge is 0.338 e. The van der Waals surface area contributed by atoms with Gasteiger partial charge in [0.25, 0.3) is 5.69 Å². The van der Waals surface area contributed by atoms with E-state index < -0.39 is 10.9 Å². The van der Waals surface area contributed by atoms with E-state index in [0.717, 1.165) is 14.1 Å². The van der Waals surface area contributed by atoms with Gasteiger partial charge in [0.1, 0.15) is 0 Å². The van der Waals surface area contributed by atoms with E-state index in [9.17, 15) is 20.0 Å². The molecule has 8 heteroatoms. The summed E-state index contributed by atoms with van der Waals surface area (Å²) in [6.45, 7) is 0. The quantitative estimate of drug-likeness (QED) is 0.399. The molecule has 2 aromatic rings. The first-order valence-corrected chi connectivity index (χ1v) is 7.49. The van der Waals surface area contributed by atoms with Crippen LogP contribution in [0.15, 0.2) is 40.9 Å². The van der Waals surface area contributed by atoms with E-state index in [-0.39, 0.29) is 16.9 Å². The molecule has 0 saturated heterocycles. The molecule has 0 fully saturated rings. The number of nitro groups is 1. The van der Waals surface area contributed by atoms with Gasteiger partial charge in [-0.1, -0.05) is 0 Å². The summed E-state index contributed by atoms with van der Waals surface area (Å²) in [6, 6.07) is 9.19. The highest BCUT2D eigenvalue weighted by molar-refractivity contribution is 14.1. The molecule has 0 aromatic heterocycles. The van der Waals surface area contributed by atoms with Crippen LogP contribution in [0.4, 0.5) is 17.1 Å². The van der Waals surface area contributed by atoms with Gasteiger partial charge in [-0.25, -0.2) is 4.79 Å². The largest absolute Gasteiger partial charge is 0.478 e. The second-order valence-electron chi connectivity index (χ2n) is 4.04. The molecule has 0 bridgehead atoms. The van der Waals surface area contributed by atoms with Crippen molar-refractivity contribution >= 4 is 61.6 Å². The molecule has 0 spiro atoms. The number of nitrogens with zero attached hydrogens (tertiary/aromatic N) is 1. The van der Waals surface area contributed by atoms with Crippen LogP contribution in [0.25, 0.3) is 0 Å². The number of hydrogen-bond acceptors (Lipinski definition) is 4. The van der Waals surface area contributed by atoms with Gasteiger partial charge in [-0.3, -0.25) is 10.1 Å². The minimum absolute atomic E-state index is 0.158. The fraction of sp³-hybridized carbons (Fsp3) is 0. The second kappa shape index (κ2) is 6.39. The van der Waals surface area contributed by atoms with Crippen molar-refractivity contribution in [2.24, 2.45) is 0 Å². The Bertz CT molecular complexity index is 736. The molecule has 0 atom stereocenters. The Balaban J connectivity index is 2.44. The third kappa shape index (κ3) is 3.70. The number of rotatable bonds is 4. The Kier molecular flexibility index (Phi) is 4.78. The summed E-state index contributed by atoms with van der Waals surface area (Å²) in [7, 11) is 0. The second-order valence-corrected chi connectivity index (χ2v) is 6.14. The van der Waals surface area contributed by atoms with E-state index in [4.69, 9.17) is 0 Å². The van der Waals surface area contributed by atoms with Crippen LogP contribution >= 0.6 is 38.5 Å². The van der Waals surface area contributed by atoms with Crippen LogP contribution in [0.3, 0.4) is 0 Å². The molecule has 2 aromatic carbocycles. The normalized spacial score (nSPS) is 10.2. The molecule has 0 amide bonds. The summed E-state index contributed by atoms with van der Waals surface area (Å²) in [5, 5.41) is 22.9. The number of carboxylic acids is 1. The van der Waals surface area contributed by atoms with Crippen molar-refractivity contribution in [2.75, 3.05) is 5.32 Å². The molecule has 0 saturated carbocycles. The lowest BCUT2D eigenvalue weighted by atomic mass is 10.1. The molecule has 0 aliphatic rings. The van der Waals surface area contributed by atoms with Crippen LogP contribution in [-0.4, -0.2) is 16.0 Å². The number of non-ortho nitro benzene ring substituents is 1. The van der Waals surface area contributed by atoms with Gasteiger partial charge in [-0.05, 0) is 62.8 Å². The molecule has 0 heterocycles. The molecule has 0 radical (unpaired) electrons. The molecule has 6 nitrogen and oxygen atoms in total. The van der Waals surface area contributed by atoms with Gasteiger partial charge in [0, 0.05) is 20.2 Å². The van der Waals surface area contributed by atoms with Crippen LogP contribution < -0.4 is 5.32 Å². The van der Waals surface area contributed by atoms with E-state index in [1.54, 1.807) is 6.07 Å². The monoisotopic (exact) mass is 462 g/mol. The number of carboxylic acid groups (broad SMARTS) is 1. The standard InChI is InChI=1S/C13H8BrIN2O4/c14-10-5-7(15)1-3-12(10)16-11-4-2-8(17(20)21)6-9(11)13(18)19/h1-6,16H,(H,18,19). The Morgan fingerprint density at radius 2 is 1.90 bits per heavy atom. The fourth-order valence-corrected chi connectivity index (χ4v) is 3.06. The zero-order valence-corrected chi connectivity index (χ0v) is 14.1. The highest BCUT2D eigenvalue weighted by Gasteiger charge is 2.16. The Morgan fingerprint density at radius 1 is 1.24 bits per heavy atom. The lowest BCUT2D eigenvalue weighted by Gasteiger charge is -2.11. The third-order valence-corrected chi connectivity index (χ3v) is 3.97. The molecule has 108 valence electrons. The average molecular weight is 463 g/mol. The Morgan fingerprint density at radius 3 is 2.48 bits per heavy atom. The van der Waals surface area contributed by atoms with E-state index in [1.807, 2.05) is 12.1 Å². The summed E-state index contributed by atoms with van der Waals surface area (Å²) >= 11 is 5.54. The van der Waals surface area contributed by atoms with Gasteiger partial charge in [-0.15, -0.1) is 0 Å². The zero-order chi connectivity index (χ0) is 15.6. The number of benzene rings is 2. The highest BCUT2D eigenvalue weighted by atomic mass is 127. The summed E-state index contributed by atoms with van der Waals surface area (Å²) < 4.78 is 1.79. The molecule has 0 aliphatic carbocycles. The zero-order valence-electron chi connectivity index (χ0n) is 10.3. The van der Waals surface area contributed by atoms with Crippen molar-refractivity contribution in [3.05, 3.63) is 60.1 Å². The molecule has 21 heavy (non-hydrogen) atoms. The Labute approximate surface area is 141 Å². The molecule has 2 rings (SSSR count). The first-order valence-electron chi connectivity index (χ1n) is 5.62. The van der Waals surface area contributed by atoms with Crippen molar-refractivity contribution in [3.8, 4) is 0 Å². The van der Waals surface area contributed by atoms with Gasteiger partial charge in [-0.2, -0.15) is 0 Å². The van der Waals surface area contributed by atoms with Crippen molar-refractivity contribution in [1.82, 2.24) is 0 Å².